The van der Waals surface area contributed by atoms with E-state index in [0.29, 0.717) is 11.5 Å². The topological polar surface area (TPSA) is 69.8 Å². The molecule has 0 amide bonds. The fourth-order valence-corrected chi connectivity index (χ4v) is 2.35. The molecule has 0 atom stereocenters. The monoisotopic (exact) mass is 274 g/mol. The lowest BCUT2D eigenvalue weighted by molar-refractivity contribution is 0.628. The van der Waals surface area contributed by atoms with Crippen LogP contribution in [0.1, 0.15) is 11.3 Å². The van der Waals surface area contributed by atoms with Crippen LogP contribution in [0.4, 0.5) is 15.9 Å². The number of hydrogen-bond acceptors (Lipinski definition) is 4. The summed E-state index contributed by atoms with van der Waals surface area (Å²) in [7, 11) is 0. The fourth-order valence-electron chi connectivity index (χ4n) is 2.35. The van der Waals surface area contributed by atoms with Crippen molar-refractivity contribution in [3.63, 3.8) is 0 Å². The van der Waals surface area contributed by atoms with Gasteiger partial charge >= 0.3 is 5.69 Å². The summed E-state index contributed by atoms with van der Waals surface area (Å²) in [6.45, 7) is 1.68. The standard InChI is InChI=1S/C14H15FN4O/c15-9-1-3-10(4-2-9)17-13-11-5-7-16-8-6-12(11)18-14(20)19-13/h1-4,16H,5-8H2,(H2,17,18,19,20). The van der Waals surface area contributed by atoms with Crippen molar-refractivity contribution in [1.29, 1.82) is 0 Å². The molecule has 2 aromatic rings. The van der Waals surface area contributed by atoms with E-state index in [-0.39, 0.29) is 11.5 Å². The number of aromatic nitrogens is 2. The molecule has 1 aliphatic heterocycles. The second kappa shape index (κ2) is 5.42. The van der Waals surface area contributed by atoms with Crippen LogP contribution in [0.2, 0.25) is 0 Å². The quantitative estimate of drug-likeness (QED) is 0.773. The summed E-state index contributed by atoms with van der Waals surface area (Å²) >= 11 is 0. The average molecular weight is 274 g/mol. The largest absolute Gasteiger partial charge is 0.347 e. The third-order valence-corrected chi connectivity index (χ3v) is 3.33. The molecular weight excluding hydrogens is 259 g/mol. The maximum Gasteiger partial charge on any atom is 0.347 e. The van der Waals surface area contributed by atoms with Crippen LogP contribution in [-0.2, 0) is 12.8 Å². The van der Waals surface area contributed by atoms with Gasteiger partial charge in [-0.2, -0.15) is 4.98 Å². The van der Waals surface area contributed by atoms with Gasteiger partial charge in [-0.15, -0.1) is 0 Å². The van der Waals surface area contributed by atoms with Gasteiger partial charge in [0, 0.05) is 29.9 Å². The lowest BCUT2D eigenvalue weighted by atomic mass is 10.1. The summed E-state index contributed by atoms with van der Waals surface area (Å²) in [5.74, 6) is 0.261. The van der Waals surface area contributed by atoms with Gasteiger partial charge in [0.05, 0.1) is 0 Å². The number of nitrogens with one attached hydrogen (secondary N) is 3. The zero-order valence-electron chi connectivity index (χ0n) is 10.9. The molecule has 0 saturated heterocycles. The third kappa shape index (κ3) is 2.70. The van der Waals surface area contributed by atoms with Crippen molar-refractivity contribution in [2.45, 2.75) is 12.8 Å². The van der Waals surface area contributed by atoms with Gasteiger partial charge in [-0.3, -0.25) is 0 Å². The molecule has 0 radical (unpaired) electrons. The van der Waals surface area contributed by atoms with E-state index in [1.807, 2.05) is 0 Å². The highest BCUT2D eigenvalue weighted by Crippen LogP contribution is 2.21. The van der Waals surface area contributed by atoms with Gasteiger partial charge in [-0.05, 0) is 37.2 Å². The van der Waals surface area contributed by atoms with Gasteiger partial charge < -0.3 is 15.6 Å². The lowest BCUT2D eigenvalue weighted by Gasteiger charge is -2.12. The number of fused-ring (bicyclic) bond motifs is 1. The highest BCUT2D eigenvalue weighted by Gasteiger charge is 2.14. The molecule has 3 rings (SSSR count). The zero-order valence-corrected chi connectivity index (χ0v) is 10.9. The van der Waals surface area contributed by atoms with Crippen LogP contribution in [0.25, 0.3) is 0 Å². The predicted molar refractivity (Wildman–Crippen MR) is 74.8 cm³/mol. The van der Waals surface area contributed by atoms with Gasteiger partial charge in [-0.25, -0.2) is 9.18 Å². The van der Waals surface area contributed by atoms with Crippen molar-refractivity contribution in [2.75, 3.05) is 18.4 Å². The summed E-state index contributed by atoms with van der Waals surface area (Å²) in [5.41, 5.74) is 2.28. The van der Waals surface area contributed by atoms with Gasteiger partial charge in [-0.1, -0.05) is 0 Å². The van der Waals surface area contributed by atoms with Crippen LogP contribution < -0.4 is 16.3 Å². The number of halogens is 1. The van der Waals surface area contributed by atoms with E-state index in [0.717, 1.165) is 37.2 Å². The van der Waals surface area contributed by atoms with E-state index in [1.54, 1.807) is 12.1 Å². The molecule has 1 aromatic heterocycles. The highest BCUT2D eigenvalue weighted by atomic mass is 19.1. The Balaban J connectivity index is 1.98. The number of aromatic amines is 1. The SMILES string of the molecule is O=c1nc(Nc2ccc(F)cc2)c2c([nH]1)CCNCC2. The van der Waals surface area contributed by atoms with E-state index >= 15 is 0 Å². The maximum absolute atomic E-state index is 12.9. The van der Waals surface area contributed by atoms with E-state index in [4.69, 9.17) is 0 Å². The molecule has 1 aromatic carbocycles. The highest BCUT2D eigenvalue weighted by molar-refractivity contribution is 5.60. The molecule has 0 aliphatic carbocycles. The second-order valence-electron chi connectivity index (χ2n) is 4.73. The first-order chi connectivity index (χ1) is 9.72. The van der Waals surface area contributed by atoms with E-state index in [2.05, 4.69) is 20.6 Å². The Bertz CT molecular complexity index is 666. The summed E-state index contributed by atoms with van der Waals surface area (Å²) in [4.78, 5) is 18.4. The van der Waals surface area contributed by atoms with Gasteiger partial charge in [0.2, 0.25) is 0 Å². The lowest BCUT2D eigenvalue weighted by Crippen LogP contribution is -2.18. The first-order valence-electron chi connectivity index (χ1n) is 6.58. The summed E-state index contributed by atoms with van der Waals surface area (Å²) in [6.07, 6.45) is 1.56. The second-order valence-corrected chi connectivity index (χ2v) is 4.73. The third-order valence-electron chi connectivity index (χ3n) is 3.33. The van der Waals surface area contributed by atoms with Crippen molar-refractivity contribution in [3.8, 4) is 0 Å². The smallest absolute Gasteiger partial charge is 0.340 e. The summed E-state index contributed by atoms with van der Waals surface area (Å²) in [6, 6.07) is 5.99. The number of anilines is 2. The molecule has 0 fully saturated rings. The first kappa shape index (κ1) is 12.8. The molecule has 5 nitrogen and oxygen atoms in total. The van der Waals surface area contributed by atoms with Crippen LogP contribution in [0, 0.1) is 5.82 Å². The Morgan fingerprint density at radius 2 is 1.90 bits per heavy atom. The van der Waals surface area contributed by atoms with Gasteiger partial charge in [0.15, 0.2) is 0 Å². The fraction of sp³-hybridized carbons (Fsp3) is 0.286. The van der Waals surface area contributed by atoms with E-state index in [9.17, 15) is 9.18 Å². The first-order valence-corrected chi connectivity index (χ1v) is 6.58. The number of nitrogens with zero attached hydrogens (tertiary/aromatic N) is 1. The Labute approximate surface area is 115 Å². The number of hydrogen-bond donors (Lipinski definition) is 3. The summed E-state index contributed by atoms with van der Waals surface area (Å²) < 4.78 is 12.9. The van der Waals surface area contributed by atoms with Crippen molar-refractivity contribution in [3.05, 3.63) is 51.8 Å². The average Bonchev–Trinajstić information content (AvgIpc) is 2.66. The minimum atomic E-state index is -0.365. The van der Waals surface area contributed by atoms with Crippen molar-refractivity contribution in [1.82, 2.24) is 15.3 Å². The Hall–Kier alpha value is -2.21. The minimum Gasteiger partial charge on any atom is -0.340 e. The van der Waals surface area contributed by atoms with Gasteiger partial charge in [0.1, 0.15) is 11.6 Å². The van der Waals surface area contributed by atoms with Crippen LogP contribution in [0.5, 0.6) is 0 Å². The maximum atomic E-state index is 12.9. The minimum absolute atomic E-state index is 0.294. The molecule has 1 aliphatic rings. The Kier molecular flexibility index (Phi) is 3.47. The van der Waals surface area contributed by atoms with E-state index < -0.39 is 0 Å². The molecule has 6 heteroatoms. The molecule has 0 unspecified atom stereocenters. The van der Waals surface area contributed by atoms with Crippen LogP contribution in [-0.4, -0.2) is 23.1 Å². The predicted octanol–water partition coefficient (Wildman–Crippen LogP) is 1.34. The van der Waals surface area contributed by atoms with Crippen molar-refractivity contribution >= 4 is 11.5 Å². The molecule has 2 heterocycles. The molecular formula is C14H15FN4O. The molecule has 20 heavy (non-hydrogen) atoms. The number of benzene rings is 1. The number of H-pyrrole nitrogens is 1. The van der Waals surface area contributed by atoms with Gasteiger partial charge in [0.25, 0.3) is 0 Å². The Morgan fingerprint density at radius 3 is 2.70 bits per heavy atom. The molecule has 104 valence electrons. The van der Waals surface area contributed by atoms with Crippen LogP contribution in [0.15, 0.2) is 29.1 Å². The molecule has 0 spiro atoms. The zero-order chi connectivity index (χ0) is 13.9. The summed E-state index contributed by atoms with van der Waals surface area (Å²) in [5, 5.41) is 6.39. The molecule has 0 bridgehead atoms. The Morgan fingerprint density at radius 1 is 1.15 bits per heavy atom. The van der Waals surface area contributed by atoms with Crippen LogP contribution in [0.3, 0.4) is 0 Å². The van der Waals surface area contributed by atoms with Crippen molar-refractivity contribution in [2.24, 2.45) is 0 Å². The van der Waals surface area contributed by atoms with Crippen molar-refractivity contribution < 1.29 is 4.39 Å². The normalized spacial score (nSPS) is 14.4. The molecule has 0 saturated carbocycles. The number of rotatable bonds is 2. The molecule has 3 N–H and O–H groups in total. The van der Waals surface area contributed by atoms with E-state index in [1.165, 1.54) is 12.1 Å². The van der Waals surface area contributed by atoms with Crippen LogP contribution >= 0.6 is 0 Å².